The van der Waals surface area contributed by atoms with Crippen molar-refractivity contribution in [3.63, 3.8) is 0 Å². The number of guanidine groups is 1. The SMILES string of the molecule is CCOc1ccc(Cn2c(NCCN=C(N)N)nc(=O)n(Cc3ccc(Cl)c(Cl)c3)c2=O)cc1. The van der Waals surface area contributed by atoms with Gasteiger partial charge >= 0.3 is 11.4 Å². The van der Waals surface area contributed by atoms with Crippen LogP contribution in [0.1, 0.15) is 18.1 Å². The number of hydrogen-bond donors (Lipinski definition) is 3. The van der Waals surface area contributed by atoms with E-state index in [1.807, 2.05) is 31.2 Å². The van der Waals surface area contributed by atoms with Crippen molar-refractivity contribution >= 4 is 35.1 Å². The van der Waals surface area contributed by atoms with Gasteiger partial charge in [-0.3, -0.25) is 9.56 Å². The van der Waals surface area contributed by atoms with E-state index >= 15 is 0 Å². The fourth-order valence-corrected chi connectivity index (χ4v) is 3.48. The predicted octanol–water partition coefficient (Wildman–Crippen LogP) is 1.89. The lowest BCUT2D eigenvalue weighted by Crippen LogP contribution is -2.43. The molecule has 0 unspecified atom stereocenters. The fraction of sp³-hybridized carbons (Fsp3) is 0.273. The molecule has 3 aromatic rings. The lowest BCUT2D eigenvalue weighted by Gasteiger charge is -2.16. The number of halogens is 2. The molecule has 10 nitrogen and oxygen atoms in total. The fourth-order valence-electron chi connectivity index (χ4n) is 3.16. The molecule has 1 aromatic heterocycles. The van der Waals surface area contributed by atoms with Gasteiger partial charge in [-0.1, -0.05) is 41.4 Å². The van der Waals surface area contributed by atoms with Crippen LogP contribution in [0.3, 0.4) is 0 Å². The highest BCUT2D eigenvalue weighted by Crippen LogP contribution is 2.22. The summed E-state index contributed by atoms with van der Waals surface area (Å²) in [5, 5.41) is 3.67. The molecule has 2 aromatic carbocycles. The normalized spacial score (nSPS) is 10.7. The molecule has 0 atom stereocenters. The first-order valence-corrected chi connectivity index (χ1v) is 11.2. The number of hydrogen-bond acceptors (Lipinski definition) is 6. The zero-order chi connectivity index (χ0) is 24.7. The molecule has 0 aliphatic carbocycles. The minimum absolute atomic E-state index is 0.0148. The number of ether oxygens (including phenoxy) is 1. The van der Waals surface area contributed by atoms with Crippen molar-refractivity contribution in [3.8, 4) is 5.75 Å². The maximum atomic E-state index is 13.4. The lowest BCUT2D eigenvalue weighted by molar-refractivity contribution is 0.340. The molecule has 0 aliphatic rings. The van der Waals surface area contributed by atoms with Gasteiger partial charge in [0.25, 0.3) is 0 Å². The molecule has 1 heterocycles. The molecule has 3 rings (SSSR count). The first-order valence-electron chi connectivity index (χ1n) is 10.4. The summed E-state index contributed by atoms with van der Waals surface area (Å²) in [6.45, 7) is 3.11. The third kappa shape index (κ3) is 6.52. The average Bonchev–Trinajstić information content (AvgIpc) is 2.80. The van der Waals surface area contributed by atoms with Crippen LogP contribution in [0.2, 0.25) is 10.0 Å². The van der Waals surface area contributed by atoms with E-state index in [9.17, 15) is 9.59 Å². The van der Waals surface area contributed by atoms with Gasteiger partial charge in [0.05, 0.1) is 36.3 Å². The van der Waals surface area contributed by atoms with E-state index in [2.05, 4.69) is 15.3 Å². The van der Waals surface area contributed by atoms with Crippen LogP contribution >= 0.6 is 23.2 Å². The number of nitrogens with zero attached hydrogens (tertiary/aromatic N) is 4. The molecule has 0 radical (unpaired) electrons. The van der Waals surface area contributed by atoms with Gasteiger partial charge in [0.2, 0.25) is 5.95 Å². The second kappa shape index (κ2) is 11.6. The number of benzene rings is 2. The van der Waals surface area contributed by atoms with Gasteiger partial charge in [0.15, 0.2) is 5.96 Å². The Hall–Kier alpha value is -3.50. The molecule has 12 heteroatoms. The number of rotatable bonds is 10. The summed E-state index contributed by atoms with van der Waals surface area (Å²) < 4.78 is 7.89. The summed E-state index contributed by atoms with van der Waals surface area (Å²) in [5.41, 5.74) is 10.9. The Bertz CT molecular complexity index is 1280. The van der Waals surface area contributed by atoms with Crippen LogP contribution in [0.5, 0.6) is 5.75 Å². The van der Waals surface area contributed by atoms with Crippen LogP contribution < -0.4 is 32.9 Å². The first-order chi connectivity index (χ1) is 16.3. The number of aromatic nitrogens is 3. The maximum absolute atomic E-state index is 13.4. The molecule has 0 saturated carbocycles. The highest BCUT2D eigenvalue weighted by molar-refractivity contribution is 6.42. The summed E-state index contributed by atoms with van der Waals surface area (Å²) in [6.07, 6.45) is 0. The van der Waals surface area contributed by atoms with Gasteiger partial charge in [0, 0.05) is 6.54 Å². The first kappa shape index (κ1) is 25.1. The second-order valence-corrected chi connectivity index (χ2v) is 8.05. The van der Waals surface area contributed by atoms with E-state index in [0.29, 0.717) is 22.2 Å². The van der Waals surface area contributed by atoms with Crippen molar-refractivity contribution in [2.45, 2.75) is 20.0 Å². The topological polar surface area (TPSA) is 143 Å². The second-order valence-electron chi connectivity index (χ2n) is 7.23. The van der Waals surface area contributed by atoms with Crippen LogP contribution in [0.25, 0.3) is 0 Å². The van der Waals surface area contributed by atoms with Crippen molar-refractivity contribution in [1.82, 2.24) is 14.1 Å². The molecule has 0 bridgehead atoms. The van der Waals surface area contributed by atoms with Gasteiger partial charge in [0.1, 0.15) is 5.75 Å². The number of nitrogens with two attached hydrogens (primary N) is 2. The molecule has 0 spiro atoms. The summed E-state index contributed by atoms with van der Waals surface area (Å²) in [4.78, 5) is 34.1. The van der Waals surface area contributed by atoms with Crippen LogP contribution in [-0.2, 0) is 13.1 Å². The summed E-state index contributed by atoms with van der Waals surface area (Å²) in [6, 6.07) is 12.2. The van der Waals surface area contributed by atoms with E-state index in [-0.39, 0.29) is 38.1 Å². The third-order valence-electron chi connectivity index (χ3n) is 4.74. The highest BCUT2D eigenvalue weighted by Gasteiger charge is 2.15. The Morgan fingerprint density at radius 1 is 1.03 bits per heavy atom. The Labute approximate surface area is 205 Å². The van der Waals surface area contributed by atoms with E-state index in [0.717, 1.165) is 15.9 Å². The van der Waals surface area contributed by atoms with Crippen molar-refractivity contribution in [2.75, 3.05) is 25.0 Å². The molecular formula is C22H25Cl2N7O3. The Morgan fingerprint density at radius 3 is 2.35 bits per heavy atom. The Kier molecular flexibility index (Phi) is 8.55. The zero-order valence-corrected chi connectivity index (χ0v) is 20.0. The molecule has 34 heavy (non-hydrogen) atoms. The van der Waals surface area contributed by atoms with E-state index in [4.69, 9.17) is 39.4 Å². The largest absolute Gasteiger partial charge is 0.494 e. The van der Waals surface area contributed by atoms with Crippen molar-refractivity contribution in [3.05, 3.63) is 84.6 Å². The van der Waals surface area contributed by atoms with Crippen LogP contribution in [0, 0.1) is 0 Å². The summed E-state index contributed by atoms with van der Waals surface area (Å²) in [7, 11) is 0. The minimum Gasteiger partial charge on any atom is -0.494 e. The molecule has 0 aliphatic heterocycles. The van der Waals surface area contributed by atoms with Gasteiger partial charge in [-0.2, -0.15) is 4.98 Å². The van der Waals surface area contributed by atoms with E-state index in [1.165, 1.54) is 4.57 Å². The van der Waals surface area contributed by atoms with E-state index in [1.54, 1.807) is 18.2 Å². The average molecular weight is 506 g/mol. The van der Waals surface area contributed by atoms with Gasteiger partial charge < -0.3 is 21.5 Å². The molecule has 0 amide bonds. The highest BCUT2D eigenvalue weighted by atomic mass is 35.5. The Balaban J connectivity index is 1.97. The summed E-state index contributed by atoms with van der Waals surface area (Å²) in [5.74, 6) is 0.774. The molecule has 5 N–H and O–H groups in total. The zero-order valence-electron chi connectivity index (χ0n) is 18.5. The summed E-state index contributed by atoms with van der Waals surface area (Å²) >= 11 is 12.1. The van der Waals surface area contributed by atoms with Gasteiger partial charge in [-0.25, -0.2) is 14.2 Å². The van der Waals surface area contributed by atoms with Crippen molar-refractivity contribution in [1.29, 1.82) is 0 Å². The van der Waals surface area contributed by atoms with Crippen molar-refractivity contribution < 1.29 is 4.74 Å². The quantitative estimate of drug-likeness (QED) is 0.217. The Morgan fingerprint density at radius 2 is 1.71 bits per heavy atom. The van der Waals surface area contributed by atoms with Crippen molar-refractivity contribution in [2.24, 2.45) is 16.5 Å². The minimum atomic E-state index is -0.705. The molecule has 0 fully saturated rings. The standard InChI is InChI=1S/C22H25Cl2N7O3/c1-2-34-16-6-3-14(4-7-16)12-30-20(28-10-9-27-19(25)26)29-21(32)31(22(30)33)13-15-5-8-17(23)18(24)11-15/h3-8,11H,2,9-10,12-13H2,1H3,(H4,25,26,27)(H,28,29,32). The van der Waals surface area contributed by atoms with Gasteiger partial charge in [-0.15, -0.1) is 0 Å². The third-order valence-corrected chi connectivity index (χ3v) is 5.48. The molecular weight excluding hydrogens is 481 g/mol. The van der Waals surface area contributed by atoms with Crippen LogP contribution in [0.4, 0.5) is 5.95 Å². The molecule has 0 saturated heterocycles. The monoisotopic (exact) mass is 505 g/mol. The molecule has 180 valence electrons. The maximum Gasteiger partial charge on any atom is 0.355 e. The number of aliphatic imine (C=N–C) groups is 1. The van der Waals surface area contributed by atoms with Gasteiger partial charge in [-0.05, 0) is 42.3 Å². The lowest BCUT2D eigenvalue weighted by atomic mass is 10.2. The van der Waals surface area contributed by atoms with Crippen LogP contribution in [0.15, 0.2) is 57.0 Å². The smallest absolute Gasteiger partial charge is 0.355 e. The van der Waals surface area contributed by atoms with Crippen LogP contribution in [-0.4, -0.2) is 39.8 Å². The predicted molar refractivity (Wildman–Crippen MR) is 134 cm³/mol. The number of anilines is 1. The number of nitrogens with one attached hydrogen (secondary N) is 1. The van der Waals surface area contributed by atoms with E-state index < -0.39 is 11.4 Å².